The van der Waals surface area contributed by atoms with Gasteiger partial charge >= 0.3 is 0 Å². The highest BCUT2D eigenvalue weighted by Gasteiger charge is 2.14. The van der Waals surface area contributed by atoms with Gasteiger partial charge in [-0.1, -0.05) is 6.92 Å². The first-order chi connectivity index (χ1) is 9.03. The summed E-state index contributed by atoms with van der Waals surface area (Å²) < 4.78 is 10.9. The van der Waals surface area contributed by atoms with E-state index in [1.54, 1.807) is 14.2 Å². The largest absolute Gasteiger partial charge is 0.496 e. The Balaban J connectivity index is 2.96. The van der Waals surface area contributed by atoms with Crippen LogP contribution in [0.5, 0.6) is 11.5 Å². The molecule has 0 aliphatic heterocycles. The van der Waals surface area contributed by atoms with Crippen LogP contribution < -0.4 is 20.1 Å². The number of nitrogens with zero attached hydrogens (tertiary/aromatic N) is 1. The van der Waals surface area contributed by atoms with Gasteiger partial charge < -0.3 is 20.1 Å². The molecule has 0 amide bonds. The number of rotatable bonds is 7. The average Bonchev–Trinajstić information content (AvgIpc) is 2.38. The Hall–Kier alpha value is -1.42. The van der Waals surface area contributed by atoms with Crippen molar-refractivity contribution in [2.45, 2.75) is 20.3 Å². The highest BCUT2D eigenvalue weighted by molar-refractivity contribution is 5.63. The molecule has 1 rings (SSSR count). The molecule has 108 valence electrons. The van der Waals surface area contributed by atoms with Crippen molar-refractivity contribution in [3.05, 3.63) is 17.7 Å². The summed E-state index contributed by atoms with van der Waals surface area (Å²) >= 11 is 0. The van der Waals surface area contributed by atoms with Crippen molar-refractivity contribution in [2.75, 3.05) is 39.3 Å². The van der Waals surface area contributed by atoms with E-state index in [0.29, 0.717) is 5.92 Å². The minimum absolute atomic E-state index is 0.548. The lowest BCUT2D eigenvalue weighted by atomic mass is 10.1. The number of ether oxygens (including phenoxy) is 2. The second-order valence-corrected chi connectivity index (χ2v) is 5.06. The quantitative estimate of drug-likeness (QED) is 0.823. The normalized spacial score (nSPS) is 12.1. The van der Waals surface area contributed by atoms with E-state index in [0.717, 1.165) is 42.3 Å². The standard InChI is InChI=1S/C15H26N2O2/c1-11(6-7-16)10-17(3)13-9-14(18-4)12(2)8-15(13)19-5/h8-9,11H,6-7,10,16H2,1-5H3. The molecule has 0 aliphatic carbocycles. The number of methoxy groups -OCH3 is 2. The topological polar surface area (TPSA) is 47.7 Å². The van der Waals surface area contributed by atoms with E-state index in [9.17, 15) is 0 Å². The zero-order chi connectivity index (χ0) is 14.4. The van der Waals surface area contributed by atoms with E-state index in [4.69, 9.17) is 15.2 Å². The summed E-state index contributed by atoms with van der Waals surface area (Å²) in [7, 11) is 5.46. The molecule has 4 heteroatoms. The zero-order valence-corrected chi connectivity index (χ0v) is 12.7. The monoisotopic (exact) mass is 266 g/mol. The molecule has 1 unspecified atom stereocenters. The van der Waals surface area contributed by atoms with Gasteiger partial charge in [-0.25, -0.2) is 0 Å². The minimum atomic E-state index is 0.548. The summed E-state index contributed by atoms with van der Waals surface area (Å²) in [6, 6.07) is 4.04. The van der Waals surface area contributed by atoms with Gasteiger partial charge in [-0.3, -0.25) is 0 Å². The second kappa shape index (κ2) is 7.24. The Morgan fingerprint density at radius 2 is 1.84 bits per heavy atom. The lowest BCUT2D eigenvalue weighted by Gasteiger charge is -2.26. The van der Waals surface area contributed by atoms with Crippen LogP contribution >= 0.6 is 0 Å². The maximum absolute atomic E-state index is 5.60. The van der Waals surface area contributed by atoms with Crippen LogP contribution in [-0.4, -0.2) is 34.4 Å². The smallest absolute Gasteiger partial charge is 0.142 e. The molecular formula is C15H26N2O2. The molecule has 0 saturated heterocycles. The number of benzene rings is 1. The molecule has 0 bridgehead atoms. The Bertz CT molecular complexity index is 407. The first-order valence-electron chi connectivity index (χ1n) is 6.67. The van der Waals surface area contributed by atoms with E-state index in [-0.39, 0.29) is 0 Å². The van der Waals surface area contributed by atoms with Gasteiger partial charge in [-0.15, -0.1) is 0 Å². The number of anilines is 1. The van der Waals surface area contributed by atoms with Crippen molar-refractivity contribution >= 4 is 5.69 Å². The van der Waals surface area contributed by atoms with Crippen LogP contribution in [0, 0.1) is 12.8 Å². The van der Waals surface area contributed by atoms with Crippen molar-refractivity contribution in [1.29, 1.82) is 0 Å². The van der Waals surface area contributed by atoms with Crippen LogP contribution in [0.15, 0.2) is 12.1 Å². The molecule has 19 heavy (non-hydrogen) atoms. The van der Waals surface area contributed by atoms with Crippen LogP contribution in [0.1, 0.15) is 18.9 Å². The zero-order valence-electron chi connectivity index (χ0n) is 12.7. The molecular weight excluding hydrogens is 240 g/mol. The fraction of sp³-hybridized carbons (Fsp3) is 0.600. The molecule has 0 saturated carbocycles. The van der Waals surface area contributed by atoms with Gasteiger partial charge in [0.1, 0.15) is 11.5 Å². The third kappa shape index (κ3) is 4.03. The van der Waals surface area contributed by atoms with Crippen LogP contribution in [0.4, 0.5) is 5.69 Å². The van der Waals surface area contributed by atoms with Crippen molar-refractivity contribution in [2.24, 2.45) is 11.7 Å². The highest BCUT2D eigenvalue weighted by atomic mass is 16.5. The van der Waals surface area contributed by atoms with Crippen molar-refractivity contribution in [1.82, 2.24) is 0 Å². The predicted molar refractivity (Wildman–Crippen MR) is 80.4 cm³/mol. The third-order valence-electron chi connectivity index (χ3n) is 3.35. The average molecular weight is 266 g/mol. The Morgan fingerprint density at radius 3 is 2.37 bits per heavy atom. The second-order valence-electron chi connectivity index (χ2n) is 5.06. The molecule has 0 heterocycles. The molecule has 0 spiro atoms. The van der Waals surface area contributed by atoms with E-state index in [2.05, 4.69) is 18.9 Å². The molecule has 2 N–H and O–H groups in total. The van der Waals surface area contributed by atoms with E-state index < -0.39 is 0 Å². The molecule has 1 atom stereocenters. The Kier molecular flexibility index (Phi) is 5.96. The highest BCUT2D eigenvalue weighted by Crippen LogP contribution is 2.34. The lowest BCUT2D eigenvalue weighted by molar-refractivity contribution is 0.400. The molecule has 1 aromatic carbocycles. The van der Waals surface area contributed by atoms with Crippen LogP contribution in [0.2, 0.25) is 0 Å². The molecule has 0 aromatic heterocycles. The predicted octanol–water partition coefficient (Wildman–Crippen LogP) is 2.43. The number of aryl methyl sites for hydroxylation is 1. The van der Waals surface area contributed by atoms with Crippen molar-refractivity contribution < 1.29 is 9.47 Å². The van der Waals surface area contributed by atoms with E-state index in [1.165, 1.54) is 0 Å². The molecule has 0 radical (unpaired) electrons. The number of hydrogen-bond acceptors (Lipinski definition) is 4. The van der Waals surface area contributed by atoms with Gasteiger partial charge in [0, 0.05) is 19.7 Å². The number of nitrogens with two attached hydrogens (primary N) is 1. The maximum atomic E-state index is 5.60. The molecule has 4 nitrogen and oxygen atoms in total. The third-order valence-corrected chi connectivity index (χ3v) is 3.35. The number of hydrogen-bond donors (Lipinski definition) is 1. The van der Waals surface area contributed by atoms with Crippen molar-refractivity contribution in [3.63, 3.8) is 0 Å². The SMILES string of the molecule is COc1cc(N(C)CC(C)CCN)c(OC)cc1C. The summed E-state index contributed by atoms with van der Waals surface area (Å²) in [4.78, 5) is 2.20. The van der Waals surface area contributed by atoms with Crippen molar-refractivity contribution in [3.8, 4) is 11.5 Å². The summed E-state index contributed by atoms with van der Waals surface area (Å²) in [5.74, 6) is 2.31. The van der Waals surface area contributed by atoms with Gasteiger partial charge in [-0.05, 0) is 37.4 Å². The van der Waals surface area contributed by atoms with Crippen LogP contribution in [0.3, 0.4) is 0 Å². The van der Waals surface area contributed by atoms with E-state index in [1.807, 2.05) is 19.1 Å². The fourth-order valence-electron chi connectivity index (χ4n) is 2.27. The summed E-state index contributed by atoms with van der Waals surface area (Å²) in [6.07, 6.45) is 1.02. The van der Waals surface area contributed by atoms with Gasteiger partial charge in [0.2, 0.25) is 0 Å². The minimum Gasteiger partial charge on any atom is -0.496 e. The van der Waals surface area contributed by atoms with Gasteiger partial charge in [0.15, 0.2) is 0 Å². The molecule has 1 aromatic rings. The summed E-state index contributed by atoms with van der Waals surface area (Å²) in [5.41, 5.74) is 7.73. The summed E-state index contributed by atoms with van der Waals surface area (Å²) in [6.45, 7) is 5.90. The Labute approximate surface area is 116 Å². The summed E-state index contributed by atoms with van der Waals surface area (Å²) in [5, 5.41) is 0. The van der Waals surface area contributed by atoms with Crippen LogP contribution in [0.25, 0.3) is 0 Å². The fourth-order valence-corrected chi connectivity index (χ4v) is 2.27. The van der Waals surface area contributed by atoms with E-state index >= 15 is 0 Å². The molecule has 0 fully saturated rings. The van der Waals surface area contributed by atoms with Gasteiger partial charge in [-0.2, -0.15) is 0 Å². The first kappa shape index (κ1) is 15.6. The first-order valence-corrected chi connectivity index (χ1v) is 6.67. The van der Waals surface area contributed by atoms with Crippen LogP contribution in [-0.2, 0) is 0 Å². The lowest BCUT2D eigenvalue weighted by Crippen LogP contribution is -2.25. The van der Waals surface area contributed by atoms with Gasteiger partial charge in [0.05, 0.1) is 19.9 Å². The molecule has 0 aliphatic rings. The maximum Gasteiger partial charge on any atom is 0.142 e. The Morgan fingerprint density at radius 1 is 1.21 bits per heavy atom. The van der Waals surface area contributed by atoms with Gasteiger partial charge in [0.25, 0.3) is 0 Å².